The van der Waals surface area contributed by atoms with Crippen LogP contribution in [-0.4, -0.2) is 18.1 Å². The van der Waals surface area contributed by atoms with Crippen LogP contribution in [0.2, 0.25) is 0 Å². The van der Waals surface area contributed by atoms with Gasteiger partial charge in [0.2, 0.25) is 0 Å². The molecule has 5 heteroatoms. The van der Waals surface area contributed by atoms with Crippen LogP contribution in [0.15, 0.2) is 59.1 Å². The molecule has 0 heterocycles. The average molecular weight is 372 g/mol. The van der Waals surface area contributed by atoms with Crippen molar-refractivity contribution in [3.63, 3.8) is 0 Å². The number of amides is 1. The number of halogens is 1. The van der Waals surface area contributed by atoms with E-state index in [-0.39, 0.29) is 11.7 Å². The van der Waals surface area contributed by atoms with Crippen molar-refractivity contribution >= 4 is 38.3 Å². The Hall–Kier alpha value is -2.53. The van der Waals surface area contributed by atoms with Crippen molar-refractivity contribution in [1.82, 2.24) is 0 Å². The van der Waals surface area contributed by atoms with Gasteiger partial charge in [-0.3, -0.25) is 4.79 Å². The average Bonchev–Trinajstić information content (AvgIpc) is 2.54. The maximum absolute atomic E-state index is 12.7. The van der Waals surface area contributed by atoms with E-state index >= 15 is 0 Å². The van der Waals surface area contributed by atoms with E-state index in [1.165, 1.54) is 6.07 Å². The van der Waals surface area contributed by atoms with E-state index in [1.807, 2.05) is 30.3 Å². The summed E-state index contributed by atoms with van der Waals surface area (Å²) in [5, 5.41) is 14.3. The summed E-state index contributed by atoms with van der Waals surface area (Å²) < 4.78 is 6.09. The van der Waals surface area contributed by atoms with Crippen LogP contribution in [-0.2, 0) is 0 Å². The van der Waals surface area contributed by atoms with Gasteiger partial charge in [0.1, 0.15) is 11.5 Å². The van der Waals surface area contributed by atoms with Gasteiger partial charge >= 0.3 is 0 Å². The predicted molar refractivity (Wildman–Crippen MR) is 94.3 cm³/mol. The van der Waals surface area contributed by atoms with Gasteiger partial charge in [0.25, 0.3) is 5.91 Å². The Kier molecular flexibility index (Phi) is 4.21. The van der Waals surface area contributed by atoms with Crippen molar-refractivity contribution in [3.8, 4) is 11.5 Å². The van der Waals surface area contributed by atoms with Gasteiger partial charge in [0.15, 0.2) is 0 Å². The number of methoxy groups -OCH3 is 1. The maximum Gasteiger partial charge on any atom is 0.256 e. The zero-order valence-electron chi connectivity index (χ0n) is 12.3. The normalized spacial score (nSPS) is 10.5. The minimum absolute atomic E-state index is 0.0510. The molecule has 0 aliphatic carbocycles. The molecular formula is C18H14BrNO3. The number of nitrogens with one attached hydrogen (secondary N) is 1. The van der Waals surface area contributed by atoms with Crippen molar-refractivity contribution in [3.05, 3.63) is 64.6 Å². The first-order chi connectivity index (χ1) is 11.1. The fourth-order valence-corrected chi connectivity index (χ4v) is 2.81. The summed E-state index contributed by atoms with van der Waals surface area (Å²) in [7, 11) is 1.54. The molecule has 0 saturated heterocycles. The van der Waals surface area contributed by atoms with Gasteiger partial charge in [-0.2, -0.15) is 0 Å². The standard InChI is InChI=1S/C18H14BrNO3/c1-23-17-7-6-12(19)9-16(17)20-18(22)15-10-13(21)8-11-4-2-3-5-14(11)15/h2-10,21H,1H3,(H,20,22). The monoisotopic (exact) mass is 371 g/mol. The molecule has 0 aliphatic rings. The number of phenols is 1. The molecular weight excluding hydrogens is 358 g/mol. The molecule has 1 amide bonds. The van der Waals surface area contributed by atoms with E-state index in [2.05, 4.69) is 21.2 Å². The van der Waals surface area contributed by atoms with E-state index < -0.39 is 0 Å². The summed E-state index contributed by atoms with van der Waals surface area (Å²) in [4.78, 5) is 12.7. The van der Waals surface area contributed by atoms with Crippen LogP contribution in [0.1, 0.15) is 10.4 Å². The summed E-state index contributed by atoms with van der Waals surface area (Å²) in [5.74, 6) is 0.301. The van der Waals surface area contributed by atoms with Gasteiger partial charge in [-0.1, -0.05) is 40.2 Å². The SMILES string of the molecule is COc1ccc(Br)cc1NC(=O)c1cc(O)cc2ccccc12. The fraction of sp³-hybridized carbons (Fsp3) is 0.0556. The van der Waals surface area contributed by atoms with Gasteiger partial charge in [-0.25, -0.2) is 0 Å². The van der Waals surface area contributed by atoms with E-state index in [0.717, 1.165) is 15.2 Å². The maximum atomic E-state index is 12.7. The number of benzene rings is 3. The molecule has 3 aromatic carbocycles. The van der Waals surface area contributed by atoms with Gasteiger partial charge in [0, 0.05) is 4.47 Å². The lowest BCUT2D eigenvalue weighted by Gasteiger charge is -2.12. The minimum atomic E-state index is -0.312. The highest BCUT2D eigenvalue weighted by atomic mass is 79.9. The van der Waals surface area contributed by atoms with Crippen molar-refractivity contribution in [2.75, 3.05) is 12.4 Å². The summed E-state index contributed by atoms with van der Waals surface area (Å²) in [5.41, 5.74) is 0.960. The van der Waals surface area contributed by atoms with Crippen molar-refractivity contribution in [2.24, 2.45) is 0 Å². The van der Waals surface area contributed by atoms with Crippen molar-refractivity contribution in [1.29, 1.82) is 0 Å². The summed E-state index contributed by atoms with van der Waals surface area (Å²) >= 11 is 3.38. The summed E-state index contributed by atoms with van der Waals surface area (Å²) in [6.07, 6.45) is 0. The number of carbonyl (C=O) groups excluding carboxylic acids is 1. The highest BCUT2D eigenvalue weighted by Gasteiger charge is 2.14. The number of carbonyl (C=O) groups is 1. The molecule has 0 bridgehead atoms. The molecule has 4 nitrogen and oxygen atoms in total. The first-order valence-corrected chi connectivity index (χ1v) is 7.74. The van der Waals surface area contributed by atoms with Crippen LogP contribution in [0.4, 0.5) is 5.69 Å². The largest absolute Gasteiger partial charge is 0.508 e. The molecule has 0 spiro atoms. The first-order valence-electron chi connectivity index (χ1n) is 6.95. The van der Waals surface area contributed by atoms with Gasteiger partial charge in [0.05, 0.1) is 18.4 Å². The minimum Gasteiger partial charge on any atom is -0.508 e. The number of anilines is 1. The second-order valence-corrected chi connectivity index (χ2v) is 5.93. The van der Waals surface area contributed by atoms with Gasteiger partial charge in [-0.05, 0) is 41.1 Å². The molecule has 0 fully saturated rings. The third-order valence-corrected chi connectivity index (χ3v) is 3.99. The molecule has 23 heavy (non-hydrogen) atoms. The Morgan fingerprint density at radius 2 is 1.91 bits per heavy atom. The molecule has 0 aromatic heterocycles. The molecule has 3 aromatic rings. The van der Waals surface area contributed by atoms with Crippen molar-refractivity contribution < 1.29 is 14.6 Å². The number of hydrogen-bond donors (Lipinski definition) is 2. The molecule has 0 aliphatic heterocycles. The Morgan fingerprint density at radius 1 is 1.13 bits per heavy atom. The Morgan fingerprint density at radius 3 is 2.70 bits per heavy atom. The lowest BCUT2D eigenvalue weighted by molar-refractivity contribution is 0.102. The molecule has 2 N–H and O–H groups in total. The third-order valence-electron chi connectivity index (χ3n) is 3.50. The Balaban J connectivity index is 2.03. The third kappa shape index (κ3) is 3.14. The number of hydrogen-bond acceptors (Lipinski definition) is 3. The quantitative estimate of drug-likeness (QED) is 0.708. The summed E-state index contributed by atoms with van der Waals surface area (Å²) in [6, 6.07) is 15.9. The molecule has 0 radical (unpaired) electrons. The zero-order valence-corrected chi connectivity index (χ0v) is 13.9. The number of aromatic hydroxyl groups is 1. The Labute approximate surface area is 141 Å². The molecule has 0 saturated carbocycles. The lowest BCUT2D eigenvalue weighted by Crippen LogP contribution is -2.13. The Bertz CT molecular complexity index is 893. The lowest BCUT2D eigenvalue weighted by atomic mass is 10.0. The molecule has 3 rings (SSSR count). The smallest absolute Gasteiger partial charge is 0.256 e. The van der Waals surface area contributed by atoms with Crippen LogP contribution >= 0.6 is 15.9 Å². The first kappa shape index (κ1) is 15.4. The predicted octanol–water partition coefficient (Wildman–Crippen LogP) is 4.57. The van der Waals surface area contributed by atoms with E-state index in [1.54, 1.807) is 25.3 Å². The fourth-order valence-electron chi connectivity index (χ4n) is 2.45. The second kappa shape index (κ2) is 6.30. The van der Waals surface area contributed by atoms with Gasteiger partial charge in [-0.15, -0.1) is 0 Å². The number of fused-ring (bicyclic) bond motifs is 1. The molecule has 0 unspecified atom stereocenters. The number of rotatable bonds is 3. The van der Waals surface area contributed by atoms with Crippen LogP contribution < -0.4 is 10.1 Å². The highest BCUT2D eigenvalue weighted by Crippen LogP contribution is 2.30. The topological polar surface area (TPSA) is 58.6 Å². The van der Waals surface area contributed by atoms with Crippen LogP contribution in [0.25, 0.3) is 10.8 Å². The van der Waals surface area contributed by atoms with E-state index in [4.69, 9.17) is 4.74 Å². The molecule has 116 valence electrons. The zero-order chi connectivity index (χ0) is 16.4. The molecule has 0 atom stereocenters. The van der Waals surface area contributed by atoms with Gasteiger partial charge < -0.3 is 15.2 Å². The van der Waals surface area contributed by atoms with E-state index in [9.17, 15) is 9.90 Å². The number of ether oxygens (including phenoxy) is 1. The summed E-state index contributed by atoms with van der Waals surface area (Å²) in [6.45, 7) is 0. The number of phenolic OH excluding ortho intramolecular Hbond substituents is 1. The van der Waals surface area contributed by atoms with Crippen molar-refractivity contribution in [2.45, 2.75) is 0 Å². The van der Waals surface area contributed by atoms with E-state index in [0.29, 0.717) is 17.0 Å². The van der Waals surface area contributed by atoms with Crippen LogP contribution in [0, 0.1) is 0 Å². The second-order valence-electron chi connectivity index (χ2n) is 5.01. The van der Waals surface area contributed by atoms with Crippen LogP contribution in [0.5, 0.6) is 11.5 Å². The highest BCUT2D eigenvalue weighted by molar-refractivity contribution is 9.10. The van der Waals surface area contributed by atoms with Crippen LogP contribution in [0.3, 0.4) is 0 Å².